The lowest BCUT2D eigenvalue weighted by Gasteiger charge is -2.04. The number of nitrogens with one attached hydrogen (secondary N) is 1. The minimum Gasteiger partial charge on any atom is -0.394 e. The number of fused-ring (bicyclic) bond motifs is 1. The topological polar surface area (TPSA) is 58.6 Å². The standard InChI is InChI=1S/C15H23NO3S/c17-8-10-19-9-4-7-16-15(18)14-11-12-5-2-1-3-6-13(12)20-14/h11,17H,1-10H2,(H,16,18). The highest BCUT2D eigenvalue weighted by Gasteiger charge is 2.15. The Balaban J connectivity index is 1.75. The van der Waals surface area contributed by atoms with Crippen LogP contribution >= 0.6 is 11.3 Å². The van der Waals surface area contributed by atoms with Gasteiger partial charge in [-0.25, -0.2) is 0 Å². The summed E-state index contributed by atoms with van der Waals surface area (Å²) < 4.78 is 5.15. The van der Waals surface area contributed by atoms with Crippen LogP contribution in [0.3, 0.4) is 0 Å². The predicted octanol–water partition coefficient (Wildman–Crippen LogP) is 2.15. The van der Waals surface area contributed by atoms with Crippen LogP contribution in [0.1, 0.15) is 45.8 Å². The van der Waals surface area contributed by atoms with Crippen LogP contribution in [-0.4, -0.2) is 37.4 Å². The average Bonchev–Trinajstić information content (AvgIpc) is 2.74. The number of hydrogen-bond acceptors (Lipinski definition) is 4. The van der Waals surface area contributed by atoms with Gasteiger partial charge in [0.1, 0.15) is 0 Å². The van der Waals surface area contributed by atoms with Crippen molar-refractivity contribution in [3.8, 4) is 0 Å². The molecule has 0 saturated carbocycles. The van der Waals surface area contributed by atoms with Gasteiger partial charge in [-0.05, 0) is 43.7 Å². The fraction of sp³-hybridized carbons (Fsp3) is 0.667. The van der Waals surface area contributed by atoms with Crippen LogP contribution in [0.2, 0.25) is 0 Å². The number of aliphatic hydroxyl groups excluding tert-OH is 1. The molecule has 1 aromatic rings. The smallest absolute Gasteiger partial charge is 0.261 e. The molecule has 0 aromatic carbocycles. The average molecular weight is 297 g/mol. The summed E-state index contributed by atoms with van der Waals surface area (Å²) in [6.45, 7) is 1.60. The molecule has 0 bridgehead atoms. The number of thiophene rings is 1. The van der Waals surface area contributed by atoms with Gasteiger partial charge in [-0.2, -0.15) is 0 Å². The monoisotopic (exact) mass is 297 g/mol. The fourth-order valence-corrected chi connectivity index (χ4v) is 3.58. The number of aliphatic hydroxyl groups is 1. The van der Waals surface area contributed by atoms with Gasteiger partial charge in [-0.15, -0.1) is 11.3 Å². The molecule has 0 radical (unpaired) electrons. The van der Waals surface area contributed by atoms with E-state index in [1.54, 1.807) is 11.3 Å². The summed E-state index contributed by atoms with van der Waals surface area (Å²) in [6.07, 6.45) is 6.81. The molecule has 1 amide bonds. The van der Waals surface area contributed by atoms with E-state index in [4.69, 9.17) is 9.84 Å². The molecule has 1 aromatic heterocycles. The molecule has 0 atom stereocenters. The van der Waals surface area contributed by atoms with Crippen LogP contribution in [0, 0.1) is 0 Å². The van der Waals surface area contributed by atoms with E-state index in [1.807, 2.05) is 0 Å². The second-order valence-corrected chi connectivity index (χ2v) is 6.20. The summed E-state index contributed by atoms with van der Waals surface area (Å²) in [5, 5.41) is 11.5. The first-order valence-corrected chi connectivity index (χ1v) is 8.21. The Labute approximate surface area is 124 Å². The van der Waals surface area contributed by atoms with Crippen molar-refractivity contribution < 1.29 is 14.6 Å². The van der Waals surface area contributed by atoms with Crippen molar-refractivity contribution in [3.05, 3.63) is 21.4 Å². The number of amides is 1. The molecule has 1 aliphatic carbocycles. The molecule has 5 heteroatoms. The van der Waals surface area contributed by atoms with E-state index in [9.17, 15) is 4.79 Å². The molecule has 1 heterocycles. The Bertz CT molecular complexity index is 407. The SMILES string of the molecule is O=C(NCCCOCCO)c1cc2c(s1)CCCCC2. The second kappa shape index (κ2) is 8.39. The Hall–Kier alpha value is -0.910. The minimum absolute atomic E-state index is 0.0326. The largest absolute Gasteiger partial charge is 0.394 e. The number of hydrogen-bond donors (Lipinski definition) is 2. The summed E-state index contributed by atoms with van der Waals surface area (Å²) in [5.41, 5.74) is 1.38. The van der Waals surface area contributed by atoms with Gasteiger partial charge < -0.3 is 15.2 Å². The molecule has 2 rings (SSSR count). The number of aryl methyl sites for hydroxylation is 2. The normalized spacial score (nSPS) is 14.7. The molecule has 0 saturated heterocycles. The van der Waals surface area contributed by atoms with Gasteiger partial charge in [0.2, 0.25) is 0 Å². The first-order valence-electron chi connectivity index (χ1n) is 7.39. The van der Waals surface area contributed by atoms with E-state index in [-0.39, 0.29) is 12.5 Å². The lowest BCUT2D eigenvalue weighted by molar-refractivity contribution is 0.0869. The Morgan fingerprint density at radius 3 is 3.00 bits per heavy atom. The summed E-state index contributed by atoms with van der Waals surface area (Å²) in [4.78, 5) is 14.3. The molecule has 0 fully saturated rings. The van der Waals surface area contributed by atoms with Gasteiger partial charge in [0, 0.05) is 18.0 Å². The highest BCUT2D eigenvalue weighted by Crippen LogP contribution is 2.28. The number of carbonyl (C=O) groups excluding carboxylic acids is 1. The number of ether oxygens (including phenoxy) is 1. The lowest BCUT2D eigenvalue weighted by atomic mass is 10.1. The van der Waals surface area contributed by atoms with E-state index in [1.165, 1.54) is 29.7 Å². The van der Waals surface area contributed by atoms with Crippen molar-refractivity contribution >= 4 is 17.2 Å². The van der Waals surface area contributed by atoms with Gasteiger partial charge in [-0.1, -0.05) is 6.42 Å². The van der Waals surface area contributed by atoms with Crippen LogP contribution in [0.25, 0.3) is 0 Å². The zero-order valence-electron chi connectivity index (χ0n) is 11.8. The van der Waals surface area contributed by atoms with Crippen molar-refractivity contribution in [2.45, 2.75) is 38.5 Å². The molecule has 0 unspecified atom stereocenters. The van der Waals surface area contributed by atoms with Crippen LogP contribution < -0.4 is 5.32 Å². The van der Waals surface area contributed by atoms with Crippen molar-refractivity contribution in [2.24, 2.45) is 0 Å². The van der Waals surface area contributed by atoms with Crippen molar-refractivity contribution in [1.82, 2.24) is 5.32 Å². The summed E-state index contributed by atoms with van der Waals surface area (Å²) in [5.74, 6) is 0.0326. The maximum absolute atomic E-state index is 12.1. The molecule has 2 N–H and O–H groups in total. The van der Waals surface area contributed by atoms with Gasteiger partial charge in [-0.3, -0.25) is 4.79 Å². The van der Waals surface area contributed by atoms with Crippen LogP contribution in [0.15, 0.2) is 6.07 Å². The van der Waals surface area contributed by atoms with E-state index >= 15 is 0 Å². The molecule has 0 spiro atoms. The minimum atomic E-state index is 0.0326. The molecular formula is C15H23NO3S. The Morgan fingerprint density at radius 1 is 1.30 bits per heavy atom. The van der Waals surface area contributed by atoms with Crippen LogP contribution in [0.5, 0.6) is 0 Å². The van der Waals surface area contributed by atoms with Crippen molar-refractivity contribution in [1.29, 1.82) is 0 Å². The highest BCUT2D eigenvalue weighted by atomic mass is 32.1. The third-order valence-corrected chi connectivity index (χ3v) is 4.69. The van der Waals surface area contributed by atoms with Crippen molar-refractivity contribution in [3.63, 3.8) is 0 Å². The molecule has 4 nitrogen and oxygen atoms in total. The van der Waals surface area contributed by atoms with Crippen LogP contribution in [-0.2, 0) is 17.6 Å². The third-order valence-electron chi connectivity index (χ3n) is 3.46. The fourth-order valence-electron chi connectivity index (χ4n) is 2.41. The Kier molecular flexibility index (Phi) is 6.50. The zero-order chi connectivity index (χ0) is 14.2. The highest BCUT2D eigenvalue weighted by molar-refractivity contribution is 7.14. The first kappa shape index (κ1) is 15.5. The summed E-state index contributed by atoms with van der Waals surface area (Å²) in [7, 11) is 0. The molecule has 20 heavy (non-hydrogen) atoms. The van der Waals surface area contributed by atoms with E-state index in [0.717, 1.165) is 24.1 Å². The van der Waals surface area contributed by atoms with E-state index in [0.29, 0.717) is 19.8 Å². The predicted molar refractivity (Wildman–Crippen MR) is 80.4 cm³/mol. The third kappa shape index (κ3) is 4.58. The first-order chi connectivity index (χ1) is 9.81. The summed E-state index contributed by atoms with van der Waals surface area (Å²) >= 11 is 1.65. The number of rotatable bonds is 7. The molecule has 112 valence electrons. The Morgan fingerprint density at radius 2 is 2.15 bits per heavy atom. The van der Waals surface area contributed by atoms with Gasteiger partial charge in [0.25, 0.3) is 5.91 Å². The molecule has 1 aliphatic rings. The zero-order valence-corrected chi connectivity index (χ0v) is 12.6. The van der Waals surface area contributed by atoms with Gasteiger partial charge in [0.05, 0.1) is 18.1 Å². The lowest BCUT2D eigenvalue weighted by Crippen LogP contribution is -2.24. The molecular weight excluding hydrogens is 274 g/mol. The maximum atomic E-state index is 12.1. The van der Waals surface area contributed by atoms with Crippen molar-refractivity contribution in [2.75, 3.05) is 26.4 Å². The van der Waals surface area contributed by atoms with Gasteiger partial charge >= 0.3 is 0 Å². The summed E-state index contributed by atoms with van der Waals surface area (Å²) in [6, 6.07) is 2.07. The number of carbonyl (C=O) groups is 1. The molecule has 0 aliphatic heterocycles. The van der Waals surface area contributed by atoms with Crippen LogP contribution in [0.4, 0.5) is 0 Å². The maximum Gasteiger partial charge on any atom is 0.261 e. The quantitative estimate of drug-likeness (QED) is 0.599. The second-order valence-electron chi connectivity index (χ2n) is 5.07. The van der Waals surface area contributed by atoms with E-state index in [2.05, 4.69) is 11.4 Å². The van der Waals surface area contributed by atoms with E-state index < -0.39 is 0 Å². The van der Waals surface area contributed by atoms with Gasteiger partial charge in [0.15, 0.2) is 0 Å².